The standard InChI is InChI=1S/C15H21FN2/c1-11(12-4-2-5-13(16)10-12)17-14-7-9-18-8-3-6-15(14)18/h2,4-5,10-11,14-15,17H,3,6-9H2,1H3/t11-,14?,15?/m0/s1. The molecule has 1 N–H and O–H groups in total. The van der Waals surface area contributed by atoms with Crippen LogP contribution in [0.5, 0.6) is 0 Å². The summed E-state index contributed by atoms with van der Waals surface area (Å²) in [5.41, 5.74) is 1.05. The molecular formula is C15H21FN2. The number of halogens is 1. The molecule has 2 nitrogen and oxygen atoms in total. The molecule has 2 fully saturated rings. The van der Waals surface area contributed by atoms with Crippen molar-refractivity contribution in [1.29, 1.82) is 0 Å². The van der Waals surface area contributed by atoms with Gasteiger partial charge in [-0.05, 0) is 50.4 Å². The molecule has 2 saturated heterocycles. The Morgan fingerprint density at radius 2 is 2.22 bits per heavy atom. The second kappa shape index (κ2) is 4.98. The minimum absolute atomic E-state index is 0.143. The van der Waals surface area contributed by atoms with Gasteiger partial charge in [0, 0.05) is 24.7 Å². The highest BCUT2D eigenvalue weighted by Crippen LogP contribution is 2.29. The Hall–Kier alpha value is -0.930. The number of hydrogen-bond acceptors (Lipinski definition) is 2. The molecule has 0 saturated carbocycles. The zero-order valence-corrected chi connectivity index (χ0v) is 10.9. The first-order valence-electron chi connectivity index (χ1n) is 6.99. The van der Waals surface area contributed by atoms with Crippen LogP contribution in [0, 0.1) is 5.82 Å². The molecular weight excluding hydrogens is 227 g/mol. The minimum atomic E-state index is -0.143. The normalized spacial score (nSPS) is 29.4. The maximum absolute atomic E-state index is 13.2. The predicted octanol–water partition coefficient (Wildman–Crippen LogP) is 2.71. The Labute approximate surface area is 108 Å². The number of benzene rings is 1. The monoisotopic (exact) mass is 248 g/mol. The SMILES string of the molecule is C[C@H](NC1CCN2CCCC12)c1cccc(F)c1. The van der Waals surface area contributed by atoms with Crippen LogP contribution < -0.4 is 5.32 Å². The topological polar surface area (TPSA) is 15.3 Å². The van der Waals surface area contributed by atoms with Gasteiger partial charge in [-0.3, -0.25) is 4.90 Å². The molecule has 18 heavy (non-hydrogen) atoms. The Bertz CT molecular complexity index is 421. The van der Waals surface area contributed by atoms with Crippen molar-refractivity contribution in [3.8, 4) is 0 Å². The quantitative estimate of drug-likeness (QED) is 0.885. The van der Waals surface area contributed by atoms with E-state index in [1.54, 1.807) is 12.1 Å². The van der Waals surface area contributed by atoms with E-state index in [2.05, 4.69) is 17.1 Å². The highest BCUT2D eigenvalue weighted by Gasteiger charge is 2.37. The van der Waals surface area contributed by atoms with E-state index >= 15 is 0 Å². The average molecular weight is 248 g/mol. The van der Waals surface area contributed by atoms with Gasteiger partial charge in [-0.15, -0.1) is 0 Å². The summed E-state index contributed by atoms with van der Waals surface area (Å²) < 4.78 is 13.2. The number of rotatable bonds is 3. The van der Waals surface area contributed by atoms with Gasteiger partial charge in [-0.1, -0.05) is 12.1 Å². The van der Waals surface area contributed by atoms with Crippen LogP contribution in [-0.4, -0.2) is 30.1 Å². The van der Waals surface area contributed by atoms with Crippen LogP contribution >= 0.6 is 0 Å². The van der Waals surface area contributed by atoms with Crippen molar-refractivity contribution in [3.63, 3.8) is 0 Å². The summed E-state index contributed by atoms with van der Waals surface area (Å²) in [6.07, 6.45) is 3.87. The van der Waals surface area contributed by atoms with Crippen molar-refractivity contribution in [3.05, 3.63) is 35.6 Å². The van der Waals surface area contributed by atoms with Gasteiger partial charge in [-0.25, -0.2) is 4.39 Å². The van der Waals surface area contributed by atoms with Gasteiger partial charge in [0.05, 0.1) is 0 Å². The molecule has 0 bridgehead atoms. The summed E-state index contributed by atoms with van der Waals surface area (Å²) in [4.78, 5) is 2.59. The highest BCUT2D eigenvalue weighted by atomic mass is 19.1. The molecule has 3 heteroatoms. The van der Waals surface area contributed by atoms with Crippen molar-refractivity contribution in [2.24, 2.45) is 0 Å². The van der Waals surface area contributed by atoms with Crippen molar-refractivity contribution in [1.82, 2.24) is 10.2 Å². The third kappa shape index (κ3) is 2.29. The van der Waals surface area contributed by atoms with E-state index in [9.17, 15) is 4.39 Å². The third-order valence-electron chi connectivity index (χ3n) is 4.42. The zero-order valence-electron chi connectivity index (χ0n) is 10.9. The van der Waals surface area contributed by atoms with Gasteiger partial charge >= 0.3 is 0 Å². The summed E-state index contributed by atoms with van der Waals surface area (Å²) in [6.45, 7) is 4.61. The van der Waals surface area contributed by atoms with E-state index in [1.807, 2.05) is 6.07 Å². The molecule has 2 heterocycles. The molecule has 2 aliphatic heterocycles. The summed E-state index contributed by atoms with van der Waals surface area (Å²) >= 11 is 0. The molecule has 3 rings (SSSR count). The average Bonchev–Trinajstić information content (AvgIpc) is 2.94. The molecule has 1 aromatic carbocycles. The maximum Gasteiger partial charge on any atom is 0.123 e. The van der Waals surface area contributed by atoms with E-state index in [1.165, 1.54) is 38.4 Å². The summed E-state index contributed by atoms with van der Waals surface area (Å²) in [5, 5.41) is 3.69. The molecule has 0 amide bonds. The lowest BCUT2D eigenvalue weighted by Gasteiger charge is -2.25. The first-order valence-corrected chi connectivity index (χ1v) is 6.99. The largest absolute Gasteiger partial charge is 0.306 e. The van der Waals surface area contributed by atoms with E-state index in [0.717, 1.165) is 5.56 Å². The molecule has 0 aromatic heterocycles. The molecule has 0 spiro atoms. The Morgan fingerprint density at radius 1 is 1.33 bits per heavy atom. The van der Waals surface area contributed by atoms with E-state index in [0.29, 0.717) is 12.1 Å². The van der Waals surface area contributed by atoms with Gasteiger partial charge in [0.1, 0.15) is 5.82 Å². The summed E-state index contributed by atoms with van der Waals surface area (Å²) in [6, 6.07) is 8.45. The van der Waals surface area contributed by atoms with E-state index in [-0.39, 0.29) is 11.9 Å². The van der Waals surface area contributed by atoms with Crippen LogP contribution in [0.25, 0.3) is 0 Å². The molecule has 3 atom stereocenters. The molecule has 98 valence electrons. The Balaban J connectivity index is 1.66. The Kier molecular flexibility index (Phi) is 3.35. The van der Waals surface area contributed by atoms with Crippen molar-refractivity contribution < 1.29 is 4.39 Å². The zero-order chi connectivity index (χ0) is 12.5. The first kappa shape index (κ1) is 12.1. The fraction of sp³-hybridized carbons (Fsp3) is 0.600. The van der Waals surface area contributed by atoms with E-state index in [4.69, 9.17) is 0 Å². The molecule has 2 unspecified atom stereocenters. The lowest BCUT2D eigenvalue weighted by atomic mass is 10.0. The Morgan fingerprint density at radius 3 is 3.06 bits per heavy atom. The highest BCUT2D eigenvalue weighted by molar-refractivity contribution is 5.20. The fourth-order valence-electron chi connectivity index (χ4n) is 3.47. The van der Waals surface area contributed by atoms with Crippen LogP contribution in [0.15, 0.2) is 24.3 Å². The molecule has 2 aliphatic rings. The lowest BCUT2D eigenvalue weighted by molar-refractivity contribution is 0.291. The van der Waals surface area contributed by atoms with Gasteiger partial charge in [0.25, 0.3) is 0 Å². The van der Waals surface area contributed by atoms with Gasteiger partial charge < -0.3 is 5.32 Å². The van der Waals surface area contributed by atoms with Gasteiger partial charge in [-0.2, -0.15) is 0 Å². The predicted molar refractivity (Wildman–Crippen MR) is 71.0 cm³/mol. The van der Waals surface area contributed by atoms with Crippen LogP contribution in [-0.2, 0) is 0 Å². The van der Waals surface area contributed by atoms with Crippen LogP contribution in [0.2, 0.25) is 0 Å². The molecule has 0 radical (unpaired) electrons. The molecule has 1 aromatic rings. The van der Waals surface area contributed by atoms with Gasteiger partial charge in [0.2, 0.25) is 0 Å². The molecule has 0 aliphatic carbocycles. The van der Waals surface area contributed by atoms with Crippen LogP contribution in [0.3, 0.4) is 0 Å². The number of hydrogen-bond donors (Lipinski definition) is 1. The second-order valence-corrected chi connectivity index (χ2v) is 5.58. The lowest BCUT2D eigenvalue weighted by Crippen LogP contribution is -2.40. The maximum atomic E-state index is 13.2. The number of nitrogens with zero attached hydrogens (tertiary/aromatic N) is 1. The van der Waals surface area contributed by atoms with Crippen molar-refractivity contribution >= 4 is 0 Å². The third-order valence-corrected chi connectivity index (χ3v) is 4.42. The number of nitrogens with one attached hydrogen (secondary N) is 1. The number of fused-ring (bicyclic) bond motifs is 1. The van der Waals surface area contributed by atoms with Crippen LogP contribution in [0.1, 0.15) is 37.8 Å². The first-order chi connectivity index (χ1) is 8.74. The van der Waals surface area contributed by atoms with Gasteiger partial charge in [0.15, 0.2) is 0 Å². The summed E-state index contributed by atoms with van der Waals surface area (Å²) in [5.74, 6) is -0.143. The van der Waals surface area contributed by atoms with E-state index < -0.39 is 0 Å². The van der Waals surface area contributed by atoms with Crippen LogP contribution in [0.4, 0.5) is 4.39 Å². The fourth-order valence-corrected chi connectivity index (χ4v) is 3.47. The second-order valence-electron chi connectivity index (χ2n) is 5.58. The summed E-state index contributed by atoms with van der Waals surface area (Å²) in [7, 11) is 0. The van der Waals surface area contributed by atoms with Crippen molar-refractivity contribution in [2.75, 3.05) is 13.1 Å². The van der Waals surface area contributed by atoms with Crippen molar-refractivity contribution in [2.45, 2.75) is 44.3 Å². The smallest absolute Gasteiger partial charge is 0.123 e. The minimum Gasteiger partial charge on any atom is -0.306 e.